The molecule has 126 valence electrons. The third kappa shape index (κ3) is 2.96. The highest BCUT2D eigenvalue weighted by molar-refractivity contribution is 6.03. The summed E-state index contributed by atoms with van der Waals surface area (Å²) in [7, 11) is 0. The van der Waals surface area contributed by atoms with Crippen LogP contribution in [0.5, 0.6) is 0 Å². The Bertz CT molecular complexity index is 854. The largest absolute Gasteiger partial charge is 0.450 e. The fourth-order valence-electron chi connectivity index (χ4n) is 2.97. The summed E-state index contributed by atoms with van der Waals surface area (Å²) in [6.45, 7) is 3.64. The van der Waals surface area contributed by atoms with Crippen LogP contribution < -0.4 is 5.56 Å². The minimum Gasteiger partial charge on any atom is -0.450 e. The van der Waals surface area contributed by atoms with Crippen LogP contribution in [-0.4, -0.2) is 27.6 Å². The van der Waals surface area contributed by atoms with Crippen molar-refractivity contribution >= 4 is 22.5 Å². The van der Waals surface area contributed by atoms with Gasteiger partial charge in [-0.2, -0.15) is 5.10 Å². The Morgan fingerprint density at radius 1 is 1.21 bits per heavy atom. The number of nitrogens with zero attached hydrogens (tertiary/aromatic N) is 2. The van der Waals surface area contributed by atoms with E-state index in [-0.39, 0.29) is 23.1 Å². The van der Waals surface area contributed by atoms with Gasteiger partial charge in [-0.3, -0.25) is 9.59 Å². The fourth-order valence-corrected chi connectivity index (χ4v) is 2.97. The molecule has 1 aromatic heterocycles. The summed E-state index contributed by atoms with van der Waals surface area (Å²) in [6, 6.07) is 6.64. The van der Waals surface area contributed by atoms with E-state index in [4.69, 9.17) is 4.74 Å². The van der Waals surface area contributed by atoms with E-state index in [2.05, 4.69) is 5.10 Å². The molecule has 0 spiro atoms. The van der Waals surface area contributed by atoms with Crippen molar-refractivity contribution in [2.24, 2.45) is 0 Å². The molecule has 0 aliphatic heterocycles. The van der Waals surface area contributed by atoms with Crippen LogP contribution in [0, 0.1) is 0 Å². The number of hydrogen-bond acceptors (Lipinski definition) is 5. The second-order valence-corrected chi connectivity index (χ2v) is 6.34. The summed E-state index contributed by atoms with van der Waals surface area (Å²) < 4.78 is 6.69. The zero-order valence-corrected chi connectivity index (χ0v) is 13.8. The van der Waals surface area contributed by atoms with E-state index in [1.54, 1.807) is 24.3 Å². The summed E-state index contributed by atoms with van der Waals surface area (Å²) in [6.07, 6.45) is 1.99. The maximum absolute atomic E-state index is 12.6. The van der Waals surface area contributed by atoms with E-state index < -0.39 is 12.1 Å². The maximum Gasteiger partial charge on any atom is 0.360 e. The maximum atomic E-state index is 12.6. The zero-order valence-electron chi connectivity index (χ0n) is 13.8. The van der Waals surface area contributed by atoms with Gasteiger partial charge in [-0.15, -0.1) is 0 Å². The number of rotatable bonds is 3. The van der Waals surface area contributed by atoms with Gasteiger partial charge in [0, 0.05) is 11.8 Å². The number of hydrogen-bond donors (Lipinski definition) is 0. The number of Topliss-reactive ketones (excluding diaryl/α,β-unsaturated/α-hetero) is 1. The average molecular weight is 328 g/mol. The number of ketones is 1. The third-order valence-corrected chi connectivity index (χ3v) is 4.26. The van der Waals surface area contributed by atoms with Gasteiger partial charge < -0.3 is 4.74 Å². The lowest BCUT2D eigenvalue weighted by Crippen LogP contribution is -2.32. The lowest BCUT2D eigenvalue weighted by molar-refractivity contribution is -0.129. The van der Waals surface area contributed by atoms with Crippen molar-refractivity contribution in [3.8, 4) is 0 Å². The molecule has 1 unspecified atom stereocenters. The smallest absolute Gasteiger partial charge is 0.360 e. The van der Waals surface area contributed by atoms with Gasteiger partial charge in [0.15, 0.2) is 17.6 Å². The molecular weight excluding hydrogens is 308 g/mol. The molecule has 1 aliphatic rings. The van der Waals surface area contributed by atoms with E-state index in [1.807, 2.05) is 13.8 Å². The zero-order chi connectivity index (χ0) is 17.3. The Balaban J connectivity index is 2.04. The number of benzene rings is 1. The lowest BCUT2D eigenvalue weighted by atomic mass is 9.96. The van der Waals surface area contributed by atoms with E-state index in [1.165, 1.54) is 4.68 Å². The molecule has 1 fully saturated rings. The highest BCUT2D eigenvalue weighted by Crippen LogP contribution is 2.21. The number of esters is 1. The molecule has 24 heavy (non-hydrogen) atoms. The van der Waals surface area contributed by atoms with Crippen molar-refractivity contribution in [2.45, 2.75) is 51.7 Å². The van der Waals surface area contributed by atoms with E-state index in [0.717, 1.165) is 12.8 Å². The number of fused-ring (bicyclic) bond motifs is 1. The molecule has 6 nitrogen and oxygen atoms in total. The summed E-state index contributed by atoms with van der Waals surface area (Å²) >= 11 is 0. The first kappa shape index (κ1) is 16.4. The fraction of sp³-hybridized carbons (Fsp3) is 0.444. The van der Waals surface area contributed by atoms with Crippen LogP contribution in [0.25, 0.3) is 10.8 Å². The molecule has 1 heterocycles. The monoisotopic (exact) mass is 328 g/mol. The summed E-state index contributed by atoms with van der Waals surface area (Å²) in [5, 5.41) is 5.08. The van der Waals surface area contributed by atoms with Crippen LogP contribution in [-0.2, 0) is 9.53 Å². The molecule has 0 bridgehead atoms. The Morgan fingerprint density at radius 2 is 1.92 bits per heavy atom. The van der Waals surface area contributed by atoms with Gasteiger partial charge in [0.2, 0.25) is 0 Å². The molecular formula is C18H20N2O4. The SMILES string of the molecule is CC(C)n1nc(C(=O)OC2CCCCC2=O)c2ccccc2c1=O. The van der Waals surface area contributed by atoms with Crippen LogP contribution in [0.1, 0.15) is 56.1 Å². The topological polar surface area (TPSA) is 78.3 Å². The molecule has 1 atom stereocenters. The Kier molecular flexibility index (Phi) is 4.46. The highest BCUT2D eigenvalue weighted by atomic mass is 16.5. The highest BCUT2D eigenvalue weighted by Gasteiger charge is 2.28. The minimum atomic E-state index is -0.703. The predicted molar refractivity (Wildman–Crippen MR) is 89.1 cm³/mol. The molecule has 1 saturated carbocycles. The van der Waals surface area contributed by atoms with Crippen molar-refractivity contribution in [1.29, 1.82) is 0 Å². The first-order valence-electron chi connectivity index (χ1n) is 8.24. The molecule has 0 saturated heterocycles. The molecule has 1 aliphatic carbocycles. The van der Waals surface area contributed by atoms with Gasteiger partial charge in [-0.1, -0.05) is 18.2 Å². The quantitative estimate of drug-likeness (QED) is 0.809. The Hall–Kier alpha value is -2.50. The van der Waals surface area contributed by atoms with E-state index >= 15 is 0 Å². The summed E-state index contributed by atoms with van der Waals surface area (Å²) in [5.74, 6) is -0.697. The van der Waals surface area contributed by atoms with E-state index in [9.17, 15) is 14.4 Å². The molecule has 1 aromatic carbocycles. The van der Waals surface area contributed by atoms with Crippen LogP contribution in [0.4, 0.5) is 0 Å². The van der Waals surface area contributed by atoms with Gasteiger partial charge in [-0.05, 0) is 39.2 Å². The summed E-state index contributed by atoms with van der Waals surface area (Å²) in [4.78, 5) is 37.0. The molecule has 0 amide bonds. The van der Waals surface area contributed by atoms with Crippen molar-refractivity contribution in [1.82, 2.24) is 9.78 Å². The molecule has 0 N–H and O–H groups in total. The number of aromatic nitrogens is 2. The molecule has 2 aromatic rings. The predicted octanol–water partition coefficient (Wildman–Crippen LogP) is 2.65. The summed E-state index contributed by atoms with van der Waals surface area (Å²) in [5.41, 5.74) is -0.164. The second kappa shape index (κ2) is 6.55. The standard InChI is InChI=1S/C18H20N2O4/c1-11(2)20-17(22)13-8-4-3-7-12(13)16(19-20)18(23)24-15-10-6-5-9-14(15)21/h3-4,7-8,11,15H,5-6,9-10H2,1-2H3. The molecule has 0 radical (unpaired) electrons. The Labute approximate surface area is 139 Å². The van der Waals surface area contributed by atoms with Gasteiger partial charge >= 0.3 is 5.97 Å². The van der Waals surface area contributed by atoms with Gasteiger partial charge in [0.05, 0.1) is 11.4 Å². The van der Waals surface area contributed by atoms with Crippen molar-refractivity contribution < 1.29 is 14.3 Å². The lowest BCUT2D eigenvalue weighted by Gasteiger charge is -2.21. The van der Waals surface area contributed by atoms with Crippen LogP contribution in [0.2, 0.25) is 0 Å². The second-order valence-electron chi connectivity index (χ2n) is 6.34. The van der Waals surface area contributed by atoms with Crippen LogP contribution in [0.15, 0.2) is 29.1 Å². The van der Waals surface area contributed by atoms with Gasteiger partial charge in [0.1, 0.15) is 0 Å². The van der Waals surface area contributed by atoms with Crippen LogP contribution >= 0.6 is 0 Å². The average Bonchev–Trinajstić information content (AvgIpc) is 2.57. The van der Waals surface area contributed by atoms with Crippen molar-refractivity contribution in [3.63, 3.8) is 0 Å². The molecule has 3 rings (SSSR count). The van der Waals surface area contributed by atoms with Crippen molar-refractivity contribution in [2.75, 3.05) is 0 Å². The number of ether oxygens (including phenoxy) is 1. The Morgan fingerprint density at radius 3 is 2.58 bits per heavy atom. The van der Waals surface area contributed by atoms with Gasteiger partial charge in [-0.25, -0.2) is 9.48 Å². The van der Waals surface area contributed by atoms with E-state index in [0.29, 0.717) is 23.6 Å². The minimum absolute atomic E-state index is 0.0453. The first-order chi connectivity index (χ1) is 11.5. The van der Waals surface area contributed by atoms with Gasteiger partial charge in [0.25, 0.3) is 5.56 Å². The number of carbonyl (C=O) groups is 2. The van der Waals surface area contributed by atoms with Crippen LogP contribution in [0.3, 0.4) is 0 Å². The molecule has 6 heteroatoms. The third-order valence-electron chi connectivity index (χ3n) is 4.26. The first-order valence-corrected chi connectivity index (χ1v) is 8.24. The van der Waals surface area contributed by atoms with Crippen molar-refractivity contribution in [3.05, 3.63) is 40.3 Å². The number of carbonyl (C=O) groups excluding carboxylic acids is 2. The normalized spacial score (nSPS) is 18.1.